The SMILES string of the molecule is CC(C)(C)OC(=O)NCCCCCOc1cccc(-c2n[nH]c(=O)c3ccccc23)c1. The average Bonchev–Trinajstić information content (AvgIpc) is 2.72. The lowest BCUT2D eigenvalue weighted by Gasteiger charge is -2.19. The molecule has 0 aliphatic carbocycles. The van der Waals surface area contributed by atoms with E-state index < -0.39 is 5.60 Å². The van der Waals surface area contributed by atoms with Gasteiger partial charge < -0.3 is 14.8 Å². The van der Waals surface area contributed by atoms with E-state index in [0.717, 1.165) is 36.0 Å². The molecule has 0 unspecified atom stereocenters. The molecule has 31 heavy (non-hydrogen) atoms. The van der Waals surface area contributed by atoms with Crippen molar-refractivity contribution in [1.29, 1.82) is 0 Å². The Balaban J connectivity index is 1.49. The standard InChI is InChI=1S/C24H29N3O4/c1-24(2,3)31-23(29)25-14-7-4-8-15-30-18-11-9-10-17(16-18)21-19-12-5-6-13-20(19)22(28)27-26-21/h5-6,9-13,16H,4,7-8,14-15H2,1-3H3,(H,25,29)(H,27,28). The van der Waals surface area contributed by atoms with Crippen molar-refractivity contribution in [2.45, 2.75) is 45.6 Å². The molecule has 0 atom stereocenters. The summed E-state index contributed by atoms with van der Waals surface area (Å²) < 4.78 is 11.1. The van der Waals surface area contributed by atoms with Crippen LogP contribution >= 0.6 is 0 Å². The molecule has 0 saturated heterocycles. The highest BCUT2D eigenvalue weighted by atomic mass is 16.6. The van der Waals surface area contributed by atoms with Gasteiger partial charge in [0.15, 0.2) is 0 Å². The molecule has 1 amide bonds. The van der Waals surface area contributed by atoms with Gasteiger partial charge in [-0.1, -0.05) is 30.3 Å². The number of hydrogen-bond donors (Lipinski definition) is 2. The Morgan fingerprint density at radius 2 is 1.81 bits per heavy atom. The van der Waals surface area contributed by atoms with Crippen LogP contribution in [0.25, 0.3) is 22.0 Å². The summed E-state index contributed by atoms with van der Waals surface area (Å²) in [5.74, 6) is 0.751. The van der Waals surface area contributed by atoms with Gasteiger partial charge in [-0.05, 0) is 58.2 Å². The Kier molecular flexibility index (Phi) is 7.28. The van der Waals surface area contributed by atoms with Gasteiger partial charge in [-0.25, -0.2) is 9.89 Å². The Bertz CT molecular complexity index is 1090. The number of fused-ring (bicyclic) bond motifs is 1. The number of nitrogens with one attached hydrogen (secondary N) is 2. The van der Waals surface area contributed by atoms with Gasteiger partial charge in [0.1, 0.15) is 11.4 Å². The number of nitrogens with zero attached hydrogens (tertiary/aromatic N) is 1. The Morgan fingerprint density at radius 1 is 1.03 bits per heavy atom. The molecule has 0 spiro atoms. The highest BCUT2D eigenvalue weighted by Crippen LogP contribution is 2.27. The second-order valence-corrected chi connectivity index (χ2v) is 8.31. The third-order valence-electron chi connectivity index (χ3n) is 4.56. The van der Waals surface area contributed by atoms with Gasteiger partial charge in [0.05, 0.1) is 17.7 Å². The van der Waals surface area contributed by atoms with Crippen LogP contribution in [0.1, 0.15) is 40.0 Å². The molecule has 2 N–H and O–H groups in total. The first kappa shape index (κ1) is 22.3. The molecule has 7 heteroatoms. The Labute approximate surface area is 181 Å². The Hall–Kier alpha value is -3.35. The topological polar surface area (TPSA) is 93.3 Å². The van der Waals surface area contributed by atoms with Crippen LogP contribution in [0.15, 0.2) is 53.3 Å². The number of ether oxygens (including phenoxy) is 2. The highest BCUT2D eigenvalue weighted by molar-refractivity contribution is 5.93. The summed E-state index contributed by atoms with van der Waals surface area (Å²) in [5.41, 5.74) is 0.914. The number of alkyl carbamates (subject to hydrolysis) is 1. The first-order chi connectivity index (χ1) is 14.8. The maximum absolute atomic E-state index is 12.0. The second kappa shape index (κ2) is 10.1. The van der Waals surface area contributed by atoms with Crippen LogP contribution in [0.4, 0.5) is 4.79 Å². The highest BCUT2D eigenvalue weighted by Gasteiger charge is 2.15. The first-order valence-electron chi connectivity index (χ1n) is 10.5. The predicted octanol–water partition coefficient (Wildman–Crippen LogP) is 4.66. The Morgan fingerprint density at radius 3 is 2.58 bits per heavy atom. The molecule has 0 saturated carbocycles. The normalized spacial score (nSPS) is 11.3. The number of aromatic amines is 1. The summed E-state index contributed by atoms with van der Waals surface area (Å²) in [5, 5.41) is 11.0. The lowest BCUT2D eigenvalue weighted by atomic mass is 10.1. The molecule has 1 aromatic heterocycles. The molecule has 7 nitrogen and oxygen atoms in total. The minimum absolute atomic E-state index is 0.201. The van der Waals surface area contributed by atoms with Crippen LogP contribution in [0.5, 0.6) is 5.75 Å². The summed E-state index contributed by atoms with van der Waals surface area (Å²) in [7, 11) is 0. The number of benzene rings is 2. The van der Waals surface area contributed by atoms with Crippen molar-refractivity contribution >= 4 is 16.9 Å². The third kappa shape index (κ3) is 6.57. The van der Waals surface area contributed by atoms with Crippen molar-refractivity contribution in [1.82, 2.24) is 15.5 Å². The van der Waals surface area contributed by atoms with Gasteiger partial charge in [-0.2, -0.15) is 5.10 Å². The third-order valence-corrected chi connectivity index (χ3v) is 4.56. The molecule has 0 aliphatic heterocycles. The van der Waals surface area contributed by atoms with Crippen molar-refractivity contribution in [2.75, 3.05) is 13.2 Å². The lowest BCUT2D eigenvalue weighted by Crippen LogP contribution is -2.33. The molecule has 2 aromatic carbocycles. The van der Waals surface area contributed by atoms with E-state index in [1.165, 1.54) is 0 Å². The minimum atomic E-state index is -0.483. The lowest BCUT2D eigenvalue weighted by molar-refractivity contribution is 0.0527. The summed E-state index contributed by atoms with van der Waals surface area (Å²) in [6.45, 7) is 6.68. The second-order valence-electron chi connectivity index (χ2n) is 8.31. The molecule has 3 aromatic rings. The molecule has 0 bridgehead atoms. The smallest absolute Gasteiger partial charge is 0.407 e. The van der Waals surface area contributed by atoms with Crippen LogP contribution in [0.2, 0.25) is 0 Å². The summed E-state index contributed by atoms with van der Waals surface area (Å²) >= 11 is 0. The summed E-state index contributed by atoms with van der Waals surface area (Å²) in [4.78, 5) is 23.6. The van der Waals surface area contributed by atoms with Crippen molar-refractivity contribution < 1.29 is 14.3 Å². The number of aromatic nitrogens is 2. The van der Waals surface area contributed by atoms with Gasteiger partial charge in [0, 0.05) is 17.5 Å². The largest absolute Gasteiger partial charge is 0.494 e. The summed E-state index contributed by atoms with van der Waals surface area (Å²) in [6, 6.07) is 15.1. The molecular weight excluding hydrogens is 394 g/mol. The number of rotatable bonds is 8. The van der Waals surface area contributed by atoms with Gasteiger partial charge >= 0.3 is 6.09 Å². The van der Waals surface area contributed by atoms with Crippen LogP contribution in [0, 0.1) is 0 Å². The van der Waals surface area contributed by atoms with Crippen molar-refractivity contribution in [3.63, 3.8) is 0 Å². The van der Waals surface area contributed by atoms with Crippen LogP contribution in [-0.2, 0) is 4.74 Å². The fourth-order valence-corrected chi connectivity index (χ4v) is 3.17. The number of H-pyrrole nitrogens is 1. The van der Waals surface area contributed by atoms with E-state index in [-0.39, 0.29) is 11.7 Å². The molecule has 0 fully saturated rings. The quantitative estimate of drug-likeness (QED) is 0.514. The van der Waals surface area contributed by atoms with Crippen LogP contribution in [0.3, 0.4) is 0 Å². The van der Waals surface area contributed by atoms with Crippen molar-refractivity contribution in [3.8, 4) is 17.0 Å². The van der Waals surface area contributed by atoms with E-state index in [2.05, 4.69) is 15.5 Å². The van der Waals surface area contributed by atoms with Gasteiger partial charge in [-0.15, -0.1) is 0 Å². The predicted molar refractivity (Wildman–Crippen MR) is 121 cm³/mol. The number of unbranched alkanes of at least 4 members (excludes halogenated alkanes) is 2. The number of carbonyl (C=O) groups is 1. The molecular formula is C24H29N3O4. The van der Waals surface area contributed by atoms with E-state index >= 15 is 0 Å². The maximum Gasteiger partial charge on any atom is 0.407 e. The average molecular weight is 424 g/mol. The first-order valence-corrected chi connectivity index (χ1v) is 10.5. The molecule has 1 heterocycles. The van der Waals surface area contributed by atoms with Crippen LogP contribution < -0.4 is 15.6 Å². The monoisotopic (exact) mass is 423 g/mol. The van der Waals surface area contributed by atoms with E-state index in [9.17, 15) is 9.59 Å². The molecule has 3 rings (SSSR count). The van der Waals surface area contributed by atoms with E-state index in [0.29, 0.717) is 24.2 Å². The van der Waals surface area contributed by atoms with Crippen molar-refractivity contribution in [2.24, 2.45) is 0 Å². The van der Waals surface area contributed by atoms with Crippen molar-refractivity contribution in [3.05, 3.63) is 58.9 Å². The zero-order chi connectivity index (χ0) is 22.3. The zero-order valence-electron chi connectivity index (χ0n) is 18.2. The summed E-state index contributed by atoms with van der Waals surface area (Å²) in [6.07, 6.45) is 2.28. The van der Waals surface area contributed by atoms with Gasteiger partial charge in [-0.3, -0.25) is 4.79 Å². The number of hydrogen-bond acceptors (Lipinski definition) is 5. The molecule has 0 radical (unpaired) electrons. The number of carbonyl (C=O) groups excluding carboxylic acids is 1. The number of amides is 1. The van der Waals surface area contributed by atoms with Crippen LogP contribution in [-0.4, -0.2) is 35.0 Å². The fraction of sp³-hybridized carbons (Fsp3) is 0.375. The van der Waals surface area contributed by atoms with Gasteiger partial charge in [0.2, 0.25) is 0 Å². The molecule has 164 valence electrons. The van der Waals surface area contributed by atoms with Gasteiger partial charge in [0.25, 0.3) is 5.56 Å². The zero-order valence-corrected chi connectivity index (χ0v) is 18.2. The van der Waals surface area contributed by atoms with E-state index in [4.69, 9.17) is 9.47 Å². The molecule has 0 aliphatic rings. The maximum atomic E-state index is 12.0. The van der Waals surface area contributed by atoms with E-state index in [1.807, 2.05) is 63.2 Å². The minimum Gasteiger partial charge on any atom is -0.494 e. The van der Waals surface area contributed by atoms with E-state index in [1.54, 1.807) is 6.07 Å². The fourth-order valence-electron chi connectivity index (χ4n) is 3.17.